The van der Waals surface area contributed by atoms with Crippen LogP contribution in [0.1, 0.15) is 89.5 Å². The molecule has 1 aliphatic carbocycles. The van der Waals surface area contributed by atoms with E-state index in [1.165, 1.54) is 56.9 Å². The van der Waals surface area contributed by atoms with E-state index in [2.05, 4.69) is 24.9 Å². The Balaban J connectivity index is 1.54. The second-order valence-corrected chi connectivity index (χ2v) is 8.51. The molecule has 1 saturated carbocycles. The van der Waals surface area contributed by atoms with Crippen molar-refractivity contribution in [3.63, 3.8) is 0 Å². The van der Waals surface area contributed by atoms with Gasteiger partial charge in [0, 0.05) is 11.8 Å². The molecule has 1 aliphatic rings. The average molecular weight is 398 g/mol. The first kappa shape index (κ1) is 21.8. The summed E-state index contributed by atoms with van der Waals surface area (Å²) in [6.45, 7) is 5.07. The maximum absolute atomic E-state index is 14.5. The molecule has 1 heterocycles. The Morgan fingerprint density at radius 1 is 0.966 bits per heavy atom. The molecule has 2 aromatic rings. The number of benzene rings is 1. The van der Waals surface area contributed by atoms with Crippen molar-refractivity contribution < 1.29 is 9.13 Å². The number of hydrogen-bond donors (Lipinski definition) is 0. The van der Waals surface area contributed by atoms with Gasteiger partial charge in [-0.1, -0.05) is 52.0 Å². The molecule has 29 heavy (non-hydrogen) atoms. The molecule has 0 aliphatic heterocycles. The Labute approximate surface area is 175 Å². The molecule has 1 aromatic heterocycles. The van der Waals surface area contributed by atoms with Crippen LogP contribution in [0.15, 0.2) is 36.5 Å². The number of unbranched alkanes of at least 4 members (excludes halogenated alkanes) is 4. The standard InChI is InChI=1S/C26H36FNO/c1-3-5-6-7-8-17-29-26-16-14-22(18-24(26)27)25-15-13-23(19-28-25)21-11-9-20(4-2)10-12-21/h13-16,18-21H,3-12,17H2,1-2H3. The van der Waals surface area contributed by atoms with Crippen molar-refractivity contribution in [2.24, 2.45) is 5.92 Å². The highest BCUT2D eigenvalue weighted by molar-refractivity contribution is 5.60. The number of hydrogen-bond acceptors (Lipinski definition) is 2. The average Bonchev–Trinajstić information content (AvgIpc) is 2.77. The highest BCUT2D eigenvalue weighted by Crippen LogP contribution is 2.37. The molecule has 0 atom stereocenters. The molecular weight excluding hydrogens is 361 g/mol. The third-order valence-corrected chi connectivity index (χ3v) is 6.41. The molecule has 2 nitrogen and oxygen atoms in total. The van der Waals surface area contributed by atoms with Gasteiger partial charge in [-0.15, -0.1) is 0 Å². The first-order valence-corrected chi connectivity index (χ1v) is 11.6. The van der Waals surface area contributed by atoms with E-state index >= 15 is 0 Å². The Morgan fingerprint density at radius 2 is 1.76 bits per heavy atom. The molecular formula is C26H36FNO. The van der Waals surface area contributed by atoms with Crippen LogP contribution in [0.2, 0.25) is 0 Å². The van der Waals surface area contributed by atoms with Crippen molar-refractivity contribution in [3.8, 4) is 17.0 Å². The van der Waals surface area contributed by atoms with E-state index < -0.39 is 0 Å². The van der Waals surface area contributed by atoms with Gasteiger partial charge < -0.3 is 4.74 Å². The van der Waals surface area contributed by atoms with Crippen molar-refractivity contribution in [1.82, 2.24) is 4.98 Å². The fraction of sp³-hybridized carbons (Fsp3) is 0.577. The zero-order chi connectivity index (χ0) is 20.5. The Bertz CT molecular complexity index is 735. The van der Waals surface area contributed by atoms with Gasteiger partial charge in [0.25, 0.3) is 0 Å². The minimum Gasteiger partial charge on any atom is -0.491 e. The third kappa shape index (κ3) is 6.29. The molecule has 3 rings (SSSR count). The zero-order valence-electron chi connectivity index (χ0n) is 18.1. The summed E-state index contributed by atoms with van der Waals surface area (Å²) in [5, 5.41) is 0. The Morgan fingerprint density at radius 3 is 2.41 bits per heavy atom. The lowest BCUT2D eigenvalue weighted by Crippen LogP contribution is -2.12. The van der Waals surface area contributed by atoms with E-state index in [9.17, 15) is 4.39 Å². The molecule has 0 saturated heterocycles. The van der Waals surface area contributed by atoms with Gasteiger partial charge in [-0.05, 0) is 73.8 Å². The maximum atomic E-state index is 14.5. The minimum atomic E-state index is -0.306. The monoisotopic (exact) mass is 397 g/mol. The zero-order valence-corrected chi connectivity index (χ0v) is 18.1. The smallest absolute Gasteiger partial charge is 0.165 e. The fourth-order valence-corrected chi connectivity index (χ4v) is 4.39. The number of rotatable bonds is 10. The van der Waals surface area contributed by atoms with Gasteiger partial charge in [-0.3, -0.25) is 4.98 Å². The molecule has 1 aromatic carbocycles. The predicted molar refractivity (Wildman–Crippen MR) is 119 cm³/mol. The lowest BCUT2D eigenvalue weighted by molar-refractivity contribution is 0.290. The molecule has 0 unspecified atom stereocenters. The van der Waals surface area contributed by atoms with Gasteiger partial charge >= 0.3 is 0 Å². The number of pyridine rings is 1. The van der Waals surface area contributed by atoms with Crippen LogP contribution in [0.5, 0.6) is 5.75 Å². The Hall–Kier alpha value is -1.90. The largest absolute Gasteiger partial charge is 0.491 e. The highest BCUT2D eigenvalue weighted by Gasteiger charge is 2.21. The van der Waals surface area contributed by atoms with E-state index in [1.54, 1.807) is 12.1 Å². The van der Waals surface area contributed by atoms with E-state index in [0.29, 0.717) is 18.3 Å². The van der Waals surface area contributed by atoms with Crippen molar-refractivity contribution in [1.29, 1.82) is 0 Å². The molecule has 0 amide bonds. The summed E-state index contributed by atoms with van der Waals surface area (Å²) >= 11 is 0. The number of aromatic nitrogens is 1. The van der Waals surface area contributed by atoms with Crippen molar-refractivity contribution in [2.45, 2.75) is 84.0 Å². The summed E-state index contributed by atoms with van der Waals surface area (Å²) < 4.78 is 20.1. The maximum Gasteiger partial charge on any atom is 0.165 e. The van der Waals surface area contributed by atoms with Crippen LogP contribution in [-0.4, -0.2) is 11.6 Å². The van der Waals surface area contributed by atoms with Crippen molar-refractivity contribution in [2.75, 3.05) is 6.61 Å². The lowest BCUT2D eigenvalue weighted by atomic mass is 9.78. The highest BCUT2D eigenvalue weighted by atomic mass is 19.1. The molecule has 1 fully saturated rings. The van der Waals surface area contributed by atoms with Gasteiger partial charge in [0.05, 0.1) is 12.3 Å². The third-order valence-electron chi connectivity index (χ3n) is 6.41. The summed E-state index contributed by atoms with van der Waals surface area (Å²) in [5.74, 6) is 1.57. The van der Waals surface area contributed by atoms with Crippen molar-refractivity contribution in [3.05, 3.63) is 47.9 Å². The minimum absolute atomic E-state index is 0.306. The first-order chi connectivity index (χ1) is 14.2. The molecule has 0 N–H and O–H groups in total. The quantitative estimate of drug-likeness (QED) is 0.380. The number of nitrogens with zero attached hydrogens (tertiary/aromatic N) is 1. The summed E-state index contributed by atoms with van der Waals surface area (Å²) in [6, 6.07) is 9.39. The van der Waals surface area contributed by atoms with E-state index in [1.807, 2.05) is 18.3 Å². The number of halogens is 1. The summed E-state index contributed by atoms with van der Waals surface area (Å²) in [4.78, 5) is 4.63. The second kappa shape index (κ2) is 11.3. The second-order valence-electron chi connectivity index (χ2n) is 8.51. The van der Waals surface area contributed by atoms with E-state index in [4.69, 9.17) is 4.74 Å². The normalized spacial score (nSPS) is 19.3. The molecule has 0 radical (unpaired) electrons. The molecule has 158 valence electrons. The number of ether oxygens (including phenoxy) is 1. The summed E-state index contributed by atoms with van der Waals surface area (Å²) in [6.07, 6.45) is 14.3. The van der Waals surface area contributed by atoms with Gasteiger partial charge in [0.1, 0.15) is 0 Å². The van der Waals surface area contributed by atoms with Crippen LogP contribution in [0, 0.1) is 11.7 Å². The molecule has 0 bridgehead atoms. The van der Waals surface area contributed by atoms with Gasteiger partial charge in [-0.25, -0.2) is 4.39 Å². The first-order valence-electron chi connectivity index (χ1n) is 11.6. The predicted octanol–water partition coefficient (Wildman–Crippen LogP) is 7.92. The van der Waals surface area contributed by atoms with Gasteiger partial charge in [0.15, 0.2) is 11.6 Å². The topological polar surface area (TPSA) is 22.1 Å². The summed E-state index contributed by atoms with van der Waals surface area (Å²) in [5.41, 5.74) is 2.95. The van der Waals surface area contributed by atoms with Crippen LogP contribution in [0.25, 0.3) is 11.3 Å². The van der Waals surface area contributed by atoms with Crippen LogP contribution < -0.4 is 4.74 Å². The summed E-state index contributed by atoms with van der Waals surface area (Å²) in [7, 11) is 0. The van der Waals surface area contributed by atoms with Crippen LogP contribution in [0.3, 0.4) is 0 Å². The Kier molecular flexibility index (Phi) is 8.52. The van der Waals surface area contributed by atoms with Crippen molar-refractivity contribution >= 4 is 0 Å². The lowest BCUT2D eigenvalue weighted by Gasteiger charge is -2.27. The van der Waals surface area contributed by atoms with Gasteiger partial charge in [-0.2, -0.15) is 0 Å². The molecule has 3 heteroatoms. The fourth-order valence-electron chi connectivity index (χ4n) is 4.39. The van der Waals surface area contributed by atoms with E-state index in [-0.39, 0.29) is 5.82 Å². The van der Waals surface area contributed by atoms with Crippen LogP contribution in [-0.2, 0) is 0 Å². The van der Waals surface area contributed by atoms with Gasteiger partial charge in [0.2, 0.25) is 0 Å². The van der Waals surface area contributed by atoms with E-state index in [0.717, 1.165) is 30.0 Å². The SMILES string of the molecule is CCCCCCCOc1ccc(-c2ccc(C3CCC(CC)CC3)cn2)cc1F. The van der Waals surface area contributed by atoms with Crippen LogP contribution >= 0.6 is 0 Å². The van der Waals surface area contributed by atoms with Crippen LogP contribution in [0.4, 0.5) is 4.39 Å². The molecule has 0 spiro atoms.